The number of primary sulfonamides is 1. The molecule has 0 atom stereocenters. The minimum absolute atomic E-state index is 0.0712. The topological polar surface area (TPSA) is 133 Å². The monoisotopic (exact) mass is 551 g/mol. The van der Waals surface area contributed by atoms with Gasteiger partial charge in [0.05, 0.1) is 12.1 Å². The Kier molecular flexibility index (Phi) is 7.28. The Morgan fingerprint density at radius 2 is 1.82 bits per heavy atom. The van der Waals surface area contributed by atoms with Crippen LogP contribution in [0.4, 0.5) is 5.95 Å². The molecule has 5 N–H and O–H groups in total. The molecule has 0 bridgehead atoms. The number of anilines is 1. The molecule has 0 unspecified atom stereocenters. The third-order valence-corrected chi connectivity index (χ3v) is 8.48. The van der Waals surface area contributed by atoms with Crippen molar-refractivity contribution in [3.05, 3.63) is 65.3 Å². The second kappa shape index (κ2) is 10.5. The fourth-order valence-corrected chi connectivity index (χ4v) is 6.21. The highest BCUT2D eigenvalue weighted by molar-refractivity contribution is 7.89. The number of ether oxygens (including phenoxy) is 1. The summed E-state index contributed by atoms with van der Waals surface area (Å²) >= 11 is 6.31. The van der Waals surface area contributed by atoms with E-state index in [1.165, 1.54) is 6.07 Å². The Hall–Kier alpha value is -3.24. The van der Waals surface area contributed by atoms with Crippen LogP contribution in [0.2, 0.25) is 5.02 Å². The largest absolute Gasteiger partial charge is 0.494 e. The maximum absolute atomic E-state index is 11.8. The normalized spacial score (nSPS) is 17.9. The third-order valence-electron chi connectivity index (χ3n) is 7.08. The number of sulfonamides is 1. The van der Waals surface area contributed by atoms with Crippen molar-refractivity contribution in [3.8, 4) is 28.0 Å². The number of aryl methyl sites for hydroxylation is 1. The van der Waals surface area contributed by atoms with Crippen LogP contribution >= 0.6 is 11.6 Å². The maximum atomic E-state index is 11.8. The summed E-state index contributed by atoms with van der Waals surface area (Å²) in [7, 11) is -2.30. The number of halogens is 1. The standard InChI is InChI=1S/C28H30ClN5O3S/c1-16-4-3-5-22(17-6-11-25(23(29)13-17)38(31,35)36)26(16)18-12-19-15-32-28(34-27(19)24(14-18)37-2)33-21-9-7-20(30)8-10-21/h3-6,11-15,20-21H,7-10,30H2,1-2H3,(H2,31,35,36)(H,32,33,34). The van der Waals surface area contributed by atoms with Crippen LogP contribution in [-0.2, 0) is 10.0 Å². The molecule has 1 heterocycles. The van der Waals surface area contributed by atoms with E-state index in [9.17, 15) is 8.42 Å². The number of nitrogens with zero attached hydrogens (tertiary/aromatic N) is 2. The highest BCUT2D eigenvalue weighted by atomic mass is 35.5. The van der Waals surface area contributed by atoms with Gasteiger partial charge in [-0.3, -0.25) is 0 Å². The van der Waals surface area contributed by atoms with Crippen LogP contribution in [0.25, 0.3) is 33.2 Å². The smallest absolute Gasteiger partial charge is 0.239 e. The highest BCUT2D eigenvalue weighted by Crippen LogP contribution is 2.40. The quantitative estimate of drug-likeness (QED) is 0.297. The van der Waals surface area contributed by atoms with Gasteiger partial charge >= 0.3 is 0 Å². The molecular weight excluding hydrogens is 522 g/mol. The Labute approximate surface area is 227 Å². The Balaban J connectivity index is 1.56. The van der Waals surface area contributed by atoms with Gasteiger partial charge in [-0.2, -0.15) is 0 Å². The predicted molar refractivity (Wildman–Crippen MR) is 152 cm³/mol. The average molecular weight is 552 g/mol. The van der Waals surface area contributed by atoms with E-state index in [1.807, 2.05) is 37.3 Å². The van der Waals surface area contributed by atoms with Crippen molar-refractivity contribution in [3.63, 3.8) is 0 Å². The van der Waals surface area contributed by atoms with E-state index in [4.69, 9.17) is 32.2 Å². The highest BCUT2D eigenvalue weighted by Gasteiger charge is 2.21. The Morgan fingerprint density at radius 1 is 1.05 bits per heavy atom. The molecule has 1 aliphatic carbocycles. The Bertz CT molecular complexity index is 1620. The molecule has 1 fully saturated rings. The van der Waals surface area contributed by atoms with Gasteiger partial charge < -0.3 is 15.8 Å². The lowest BCUT2D eigenvalue weighted by molar-refractivity contribution is 0.409. The summed E-state index contributed by atoms with van der Waals surface area (Å²) in [5.74, 6) is 1.20. The number of nitrogens with two attached hydrogens (primary N) is 2. The van der Waals surface area contributed by atoms with Crippen LogP contribution in [0.1, 0.15) is 31.2 Å². The van der Waals surface area contributed by atoms with Gasteiger partial charge in [-0.15, -0.1) is 0 Å². The van der Waals surface area contributed by atoms with Crippen molar-refractivity contribution in [1.82, 2.24) is 9.97 Å². The van der Waals surface area contributed by atoms with Gasteiger partial charge in [-0.1, -0.05) is 35.9 Å². The molecule has 1 saturated carbocycles. The van der Waals surface area contributed by atoms with E-state index in [-0.39, 0.29) is 16.0 Å². The van der Waals surface area contributed by atoms with Gasteiger partial charge in [0.2, 0.25) is 16.0 Å². The molecule has 0 amide bonds. The lowest BCUT2D eigenvalue weighted by atomic mass is 9.90. The number of hydrogen-bond acceptors (Lipinski definition) is 7. The minimum Gasteiger partial charge on any atom is -0.494 e. The van der Waals surface area contributed by atoms with E-state index in [1.54, 1.807) is 25.4 Å². The number of aromatic nitrogens is 2. The fourth-order valence-electron chi connectivity index (χ4n) is 5.12. The number of rotatable bonds is 6. The first-order valence-electron chi connectivity index (χ1n) is 12.4. The van der Waals surface area contributed by atoms with Crippen molar-refractivity contribution < 1.29 is 13.2 Å². The van der Waals surface area contributed by atoms with Crippen LogP contribution in [0.5, 0.6) is 5.75 Å². The second-order valence-corrected chi connectivity index (χ2v) is 11.7. The molecule has 0 aliphatic heterocycles. The zero-order valence-corrected chi connectivity index (χ0v) is 22.8. The molecule has 38 heavy (non-hydrogen) atoms. The van der Waals surface area contributed by atoms with Gasteiger partial charge in [0.25, 0.3) is 0 Å². The van der Waals surface area contributed by atoms with Crippen molar-refractivity contribution in [2.45, 2.75) is 49.6 Å². The second-order valence-electron chi connectivity index (χ2n) is 9.75. The summed E-state index contributed by atoms with van der Waals surface area (Å²) in [4.78, 5) is 9.25. The van der Waals surface area contributed by atoms with Gasteiger partial charge in [-0.05, 0) is 84.7 Å². The molecule has 4 aromatic rings. The zero-order chi connectivity index (χ0) is 27.0. The summed E-state index contributed by atoms with van der Waals surface area (Å²) in [5.41, 5.74) is 11.3. The number of fused-ring (bicyclic) bond motifs is 1. The van der Waals surface area contributed by atoms with Crippen molar-refractivity contribution in [2.75, 3.05) is 12.4 Å². The molecule has 8 nitrogen and oxygen atoms in total. The van der Waals surface area contributed by atoms with Crippen LogP contribution in [0.15, 0.2) is 59.6 Å². The van der Waals surface area contributed by atoms with Gasteiger partial charge in [0.1, 0.15) is 16.2 Å². The molecular formula is C28H30ClN5O3S. The SMILES string of the molecule is COc1cc(-c2c(C)cccc2-c2ccc(S(N)(=O)=O)c(Cl)c2)cc2cnc(NC3CCC(N)CC3)nc12. The lowest BCUT2D eigenvalue weighted by Gasteiger charge is -2.26. The molecule has 1 aromatic heterocycles. The lowest BCUT2D eigenvalue weighted by Crippen LogP contribution is -2.33. The first-order valence-corrected chi connectivity index (χ1v) is 14.4. The van der Waals surface area contributed by atoms with Gasteiger partial charge in [0, 0.05) is 23.7 Å². The molecule has 1 aliphatic rings. The third kappa shape index (κ3) is 5.33. The fraction of sp³-hybridized carbons (Fsp3) is 0.286. The summed E-state index contributed by atoms with van der Waals surface area (Å²) in [6.45, 7) is 2.02. The van der Waals surface area contributed by atoms with Crippen LogP contribution in [0, 0.1) is 6.92 Å². The van der Waals surface area contributed by atoms with Crippen molar-refractivity contribution in [1.29, 1.82) is 0 Å². The number of hydrogen-bond donors (Lipinski definition) is 3. The van der Waals surface area contributed by atoms with Crippen molar-refractivity contribution in [2.24, 2.45) is 10.9 Å². The zero-order valence-electron chi connectivity index (χ0n) is 21.2. The van der Waals surface area contributed by atoms with E-state index in [2.05, 4.69) is 10.3 Å². The summed E-state index contributed by atoms with van der Waals surface area (Å²) < 4.78 is 29.5. The number of methoxy groups -OCH3 is 1. The maximum Gasteiger partial charge on any atom is 0.239 e. The first kappa shape index (κ1) is 26.4. The molecule has 10 heteroatoms. The summed E-state index contributed by atoms with van der Waals surface area (Å²) in [6.07, 6.45) is 5.79. The van der Waals surface area contributed by atoms with E-state index >= 15 is 0 Å². The first-order chi connectivity index (χ1) is 18.1. The van der Waals surface area contributed by atoms with Crippen LogP contribution in [0.3, 0.4) is 0 Å². The molecule has 0 saturated heterocycles. The minimum atomic E-state index is -3.92. The molecule has 0 spiro atoms. The number of nitrogens with one attached hydrogen (secondary N) is 1. The van der Waals surface area contributed by atoms with E-state index < -0.39 is 10.0 Å². The van der Waals surface area contributed by atoms with E-state index in [0.29, 0.717) is 17.7 Å². The van der Waals surface area contributed by atoms with E-state index in [0.717, 1.165) is 64.4 Å². The summed E-state index contributed by atoms with van der Waals surface area (Å²) in [5, 5.41) is 9.66. The summed E-state index contributed by atoms with van der Waals surface area (Å²) in [6, 6.07) is 15.3. The number of benzene rings is 3. The predicted octanol–water partition coefficient (Wildman–Crippen LogP) is 5.26. The average Bonchev–Trinajstić information content (AvgIpc) is 2.88. The van der Waals surface area contributed by atoms with Gasteiger partial charge in [-0.25, -0.2) is 23.5 Å². The van der Waals surface area contributed by atoms with Gasteiger partial charge in [0.15, 0.2) is 0 Å². The molecule has 198 valence electrons. The molecule has 3 aromatic carbocycles. The molecule has 5 rings (SSSR count). The molecule has 0 radical (unpaired) electrons. The van der Waals surface area contributed by atoms with Crippen LogP contribution in [-0.4, -0.2) is 37.6 Å². The van der Waals surface area contributed by atoms with Crippen LogP contribution < -0.4 is 20.9 Å². The van der Waals surface area contributed by atoms with Crippen molar-refractivity contribution >= 4 is 38.5 Å². The Morgan fingerprint density at radius 3 is 2.50 bits per heavy atom.